The minimum absolute atomic E-state index is 0.171. The molecular weight excluding hydrogens is 322 g/mol. The highest BCUT2D eigenvalue weighted by Gasteiger charge is 2.25. The van der Waals surface area contributed by atoms with Crippen LogP contribution in [0.5, 0.6) is 0 Å². The van der Waals surface area contributed by atoms with Crippen LogP contribution in [0.1, 0.15) is 35.7 Å². The van der Waals surface area contributed by atoms with Gasteiger partial charge >= 0.3 is 5.97 Å². The maximum atomic E-state index is 13.5. The lowest BCUT2D eigenvalue weighted by Crippen LogP contribution is -2.30. The third kappa shape index (κ3) is 3.76. The molecule has 0 saturated heterocycles. The monoisotopic (exact) mass is 338 g/mol. The van der Waals surface area contributed by atoms with E-state index in [-0.39, 0.29) is 17.0 Å². The van der Waals surface area contributed by atoms with E-state index >= 15 is 0 Å². The van der Waals surface area contributed by atoms with Gasteiger partial charge in [0.1, 0.15) is 23.0 Å². The lowest BCUT2D eigenvalue weighted by molar-refractivity contribution is -0.123. The standard InChI is InChI=1S/C16H16F2N2O4/c1-4-12-14(8(2)24-20-12)16(22)23-9(3)15(21)19-13-6-5-10(17)7-11(13)18/h5-7,9H,4H2,1-3H3,(H,19,21)/t9-/m0/s1. The Labute approximate surface area is 136 Å². The zero-order valence-corrected chi connectivity index (χ0v) is 13.4. The van der Waals surface area contributed by atoms with Crippen LogP contribution in [0.15, 0.2) is 22.7 Å². The van der Waals surface area contributed by atoms with Gasteiger partial charge in [0.2, 0.25) is 0 Å². The normalized spacial score (nSPS) is 11.9. The van der Waals surface area contributed by atoms with Crippen molar-refractivity contribution in [3.63, 3.8) is 0 Å². The van der Waals surface area contributed by atoms with Gasteiger partial charge in [-0.25, -0.2) is 13.6 Å². The van der Waals surface area contributed by atoms with E-state index in [9.17, 15) is 18.4 Å². The molecule has 1 N–H and O–H groups in total. The molecule has 2 rings (SSSR count). The summed E-state index contributed by atoms with van der Waals surface area (Å²) in [5, 5.41) is 5.97. The molecule has 8 heteroatoms. The number of halogens is 2. The second kappa shape index (κ2) is 7.20. The zero-order valence-electron chi connectivity index (χ0n) is 13.4. The fraction of sp³-hybridized carbons (Fsp3) is 0.312. The fourth-order valence-corrected chi connectivity index (χ4v) is 2.02. The van der Waals surface area contributed by atoms with Crippen LogP contribution in [0.25, 0.3) is 0 Å². The van der Waals surface area contributed by atoms with Crippen molar-refractivity contribution in [3.05, 3.63) is 46.9 Å². The number of hydrogen-bond donors (Lipinski definition) is 1. The van der Waals surface area contributed by atoms with Gasteiger partial charge in [-0.2, -0.15) is 0 Å². The molecule has 128 valence electrons. The quantitative estimate of drug-likeness (QED) is 0.848. The van der Waals surface area contributed by atoms with Crippen molar-refractivity contribution in [2.24, 2.45) is 0 Å². The van der Waals surface area contributed by atoms with Crippen LogP contribution in [-0.4, -0.2) is 23.1 Å². The van der Waals surface area contributed by atoms with Crippen LogP contribution in [0.4, 0.5) is 14.5 Å². The highest BCUT2D eigenvalue weighted by Crippen LogP contribution is 2.18. The second-order valence-electron chi connectivity index (χ2n) is 5.07. The number of nitrogens with one attached hydrogen (secondary N) is 1. The number of ether oxygens (including phenoxy) is 1. The number of esters is 1. The van der Waals surface area contributed by atoms with Gasteiger partial charge in [-0.15, -0.1) is 0 Å². The number of benzene rings is 1. The summed E-state index contributed by atoms with van der Waals surface area (Å²) in [6, 6.07) is 2.72. The van der Waals surface area contributed by atoms with Crippen LogP contribution in [0.2, 0.25) is 0 Å². The van der Waals surface area contributed by atoms with E-state index in [4.69, 9.17) is 9.26 Å². The average Bonchev–Trinajstić information content (AvgIpc) is 2.90. The molecular formula is C16H16F2N2O4. The number of anilines is 1. The Morgan fingerprint density at radius 1 is 1.38 bits per heavy atom. The first kappa shape index (κ1) is 17.6. The summed E-state index contributed by atoms with van der Waals surface area (Å²) < 4.78 is 36.4. The number of aromatic nitrogens is 1. The van der Waals surface area contributed by atoms with E-state index in [1.807, 2.05) is 0 Å². The maximum absolute atomic E-state index is 13.5. The highest BCUT2D eigenvalue weighted by molar-refractivity contribution is 5.98. The third-order valence-electron chi connectivity index (χ3n) is 3.31. The smallest absolute Gasteiger partial charge is 0.344 e. The van der Waals surface area contributed by atoms with Gasteiger partial charge < -0.3 is 14.6 Å². The molecule has 0 bridgehead atoms. The largest absolute Gasteiger partial charge is 0.449 e. The van der Waals surface area contributed by atoms with Gasteiger partial charge in [-0.1, -0.05) is 12.1 Å². The molecule has 0 saturated carbocycles. The number of carbonyl (C=O) groups is 2. The topological polar surface area (TPSA) is 81.4 Å². The van der Waals surface area contributed by atoms with Gasteiger partial charge in [0.25, 0.3) is 5.91 Å². The van der Waals surface area contributed by atoms with Crippen LogP contribution in [-0.2, 0) is 16.0 Å². The fourth-order valence-electron chi connectivity index (χ4n) is 2.02. The molecule has 0 fully saturated rings. The Balaban J connectivity index is 2.06. The minimum Gasteiger partial charge on any atom is -0.449 e. The summed E-state index contributed by atoms with van der Waals surface area (Å²) in [6.07, 6.45) is -0.732. The Bertz CT molecular complexity index is 773. The molecule has 0 radical (unpaired) electrons. The summed E-state index contributed by atoms with van der Waals surface area (Å²) in [5.41, 5.74) is 0.388. The van der Waals surface area contributed by atoms with Crippen molar-refractivity contribution in [1.82, 2.24) is 5.16 Å². The SMILES string of the molecule is CCc1noc(C)c1C(=O)O[C@@H](C)C(=O)Nc1ccc(F)cc1F. The predicted molar refractivity (Wildman–Crippen MR) is 80.5 cm³/mol. The third-order valence-corrected chi connectivity index (χ3v) is 3.31. The molecule has 0 spiro atoms. The average molecular weight is 338 g/mol. The molecule has 24 heavy (non-hydrogen) atoms. The molecule has 1 atom stereocenters. The summed E-state index contributed by atoms with van der Waals surface area (Å²) >= 11 is 0. The maximum Gasteiger partial charge on any atom is 0.344 e. The summed E-state index contributed by atoms with van der Waals surface area (Å²) in [5.74, 6) is -2.91. The highest BCUT2D eigenvalue weighted by atomic mass is 19.1. The number of aryl methyl sites for hydroxylation is 2. The van der Waals surface area contributed by atoms with Gasteiger partial charge in [0.15, 0.2) is 6.10 Å². The van der Waals surface area contributed by atoms with Crippen molar-refractivity contribution in [2.75, 3.05) is 5.32 Å². The van der Waals surface area contributed by atoms with E-state index in [0.717, 1.165) is 12.1 Å². The molecule has 0 aliphatic carbocycles. The number of amides is 1. The molecule has 1 amide bonds. The predicted octanol–water partition coefficient (Wildman–Crippen LogP) is 3.01. The van der Waals surface area contributed by atoms with Crippen LogP contribution < -0.4 is 5.32 Å². The lowest BCUT2D eigenvalue weighted by atomic mass is 10.1. The lowest BCUT2D eigenvalue weighted by Gasteiger charge is -2.14. The minimum atomic E-state index is -1.19. The molecule has 6 nitrogen and oxygen atoms in total. The number of hydrogen-bond acceptors (Lipinski definition) is 5. The van der Waals surface area contributed by atoms with Crippen LogP contribution >= 0.6 is 0 Å². The van der Waals surface area contributed by atoms with Gasteiger partial charge in [0.05, 0.1) is 11.4 Å². The van der Waals surface area contributed by atoms with Crippen molar-refractivity contribution in [3.8, 4) is 0 Å². The molecule has 1 aromatic heterocycles. The first-order chi connectivity index (χ1) is 11.3. The first-order valence-corrected chi connectivity index (χ1v) is 7.25. The van der Waals surface area contributed by atoms with Crippen LogP contribution in [0.3, 0.4) is 0 Å². The van der Waals surface area contributed by atoms with E-state index in [1.165, 1.54) is 6.92 Å². The van der Waals surface area contributed by atoms with E-state index < -0.39 is 29.6 Å². The summed E-state index contributed by atoms with van der Waals surface area (Å²) in [6.45, 7) is 4.69. The molecule has 0 aliphatic heterocycles. The van der Waals surface area contributed by atoms with Gasteiger partial charge in [-0.3, -0.25) is 4.79 Å². The van der Waals surface area contributed by atoms with Crippen molar-refractivity contribution in [2.45, 2.75) is 33.3 Å². The molecule has 2 aromatic rings. The van der Waals surface area contributed by atoms with Crippen LogP contribution in [0, 0.1) is 18.6 Å². The molecule has 1 aromatic carbocycles. The van der Waals surface area contributed by atoms with Gasteiger partial charge in [-0.05, 0) is 32.4 Å². The number of rotatable bonds is 5. The second-order valence-corrected chi connectivity index (χ2v) is 5.07. The van der Waals surface area contributed by atoms with Gasteiger partial charge in [0, 0.05) is 6.07 Å². The van der Waals surface area contributed by atoms with Crippen molar-refractivity contribution in [1.29, 1.82) is 0 Å². The molecule has 1 heterocycles. The van der Waals surface area contributed by atoms with E-state index in [1.54, 1.807) is 13.8 Å². The Morgan fingerprint density at radius 2 is 2.08 bits per heavy atom. The van der Waals surface area contributed by atoms with Crippen molar-refractivity contribution < 1.29 is 27.6 Å². The summed E-state index contributed by atoms with van der Waals surface area (Å²) in [7, 11) is 0. The molecule has 0 aliphatic rings. The number of carbonyl (C=O) groups excluding carboxylic acids is 2. The zero-order chi connectivity index (χ0) is 17.9. The Kier molecular flexibility index (Phi) is 5.28. The Hall–Kier alpha value is -2.77. The Morgan fingerprint density at radius 3 is 2.71 bits per heavy atom. The first-order valence-electron chi connectivity index (χ1n) is 7.25. The van der Waals surface area contributed by atoms with E-state index in [0.29, 0.717) is 18.2 Å². The summed E-state index contributed by atoms with van der Waals surface area (Å²) in [4.78, 5) is 24.2. The van der Waals surface area contributed by atoms with E-state index in [2.05, 4.69) is 10.5 Å². The van der Waals surface area contributed by atoms with Crippen molar-refractivity contribution >= 4 is 17.6 Å². The number of nitrogens with zero attached hydrogens (tertiary/aromatic N) is 1. The molecule has 0 unspecified atom stereocenters.